The molecule has 1 unspecified atom stereocenters. The van der Waals surface area contributed by atoms with Gasteiger partial charge in [0.25, 0.3) is 0 Å². The van der Waals surface area contributed by atoms with Crippen LogP contribution in [0.25, 0.3) is 0 Å². The van der Waals surface area contributed by atoms with Crippen LogP contribution in [0, 0.1) is 0 Å². The fraction of sp³-hybridized carbons (Fsp3) is 0.444. The highest BCUT2D eigenvalue weighted by Gasteiger charge is 2.07. The summed E-state index contributed by atoms with van der Waals surface area (Å²) in [5, 5.41) is 3.30. The van der Waals surface area contributed by atoms with E-state index in [9.17, 15) is 0 Å². The van der Waals surface area contributed by atoms with E-state index in [-0.39, 0.29) is 0 Å². The SMILES string of the molecule is CCNCc1ccoc1COc1ccc(C(C)CC)cc1. The summed E-state index contributed by atoms with van der Waals surface area (Å²) in [5.74, 6) is 2.37. The number of rotatable bonds is 8. The standard InChI is InChI=1S/C18H25NO2/c1-4-14(3)15-6-8-17(9-7-15)21-13-18-16(10-11-20-18)12-19-5-2/h6-11,14,19H,4-5,12-13H2,1-3H3. The quantitative estimate of drug-likeness (QED) is 0.777. The van der Waals surface area contributed by atoms with Gasteiger partial charge in [0, 0.05) is 12.1 Å². The van der Waals surface area contributed by atoms with Crippen LogP contribution in [-0.4, -0.2) is 6.54 Å². The van der Waals surface area contributed by atoms with E-state index in [4.69, 9.17) is 9.15 Å². The van der Waals surface area contributed by atoms with Crippen LogP contribution >= 0.6 is 0 Å². The summed E-state index contributed by atoms with van der Waals surface area (Å²) in [6.07, 6.45) is 2.87. The highest BCUT2D eigenvalue weighted by atomic mass is 16.5. The number of furan rings is 1. The molecule has 1 atom stereocenters. The van der Waals surface area contributed by atoms with E-state index >= 15 is 0 Å². The Kier molecular flexibility index (Phi) is 5.88. The third kappa shape index (κ3) is 4.36. The summed E-state index contributed by atoms with van der Waals surface area (Å²) in [5.41, 5.74) is 2.52. The molecule has 2 aromatic rings. The van der Waals surface area contributed by atoms with Gasteiger partial charge in [-0.25, -0.2) is 0 Å². The predicted octanol–water partition coefficient (Wildman–Crippen LogP) is 4.48. The Bertz CT molecular complexity index is 530. The monoisotopic (exact) mass is 287 g/mol. The molecule has 1 aromatic carbocycles. The van der Waals surface area contributed by atoms with Crippen LogP contribution < -0.4 is 10.1 Å². The number of ether oxygens (including phenoxy) is 1. The van der Waals surface area contributed by atoms with Crippen molar-refractivity contribution in [3.05, 3.63) is 53.5 Å². The van der Waals surface area contributed by atoms with E-state index in [1.165, 1.54) is 5.56 Å². The lowest BCUT2D eigenvalue weighted by molar-refractivity contribution is 0.268. The second-order valence-corrected chi connectivity index (χ2v) is 5.32. The molecular formula is C18H25NO2. The smallest absolute Gasteiger partial charge is 0.146 e. The van der Waals surface area contributed by atoms with Crippen LogP contribution in [0.15, 0.2) is 41.0 Å². The summed E-state index contributed by atoms with van der Waals surface area (Å²) in [6.45, 7) is 8.77. The average Bonchev–Trinajstić information content (AvgIpc) is 2.98. The summed E-state index contributed by atoms with van der Waals surface area (Å²) >= 11 is 0. The second kappa shape index (κ2) is 7.89. The van der Waals surface area contributed by atoms with Gasteiger partial charge < -0.3 is 14.5 Å². The highest BCUT2D eigenvalue weighted by Crippen LogP contribution is 2.22. The van der Waals surface area contributed by atoms with Crippen molar-refractivity contribution in [2.24, 2.45) is 0 Å². The van der Waals surface area contributed by atoms with Gasteiger partial charge in [-0.05, 0) is 42.6 Å². The summed E-state index contributed by atoms with van der Waals surface area (Å²) in [4.78, 5) is 0. The van der Waals surface area contributed by atoms with E-state index in [0.29, 0.717) is 12.5 Å². The number of benzene rings is 1. The molecule has 0 radical (unpaired) electrons. The molecule has 0 spiro atoms. The van der Waals surface area contributed by atoms with Gasteiger partial charge in [-0.1, -0.05) is 32.9 Å². The van der Waals surface area contributed by atoms with Crippen molar-refractivity contribution < 1.29 is 9.15 Å². The summed E-state index contributed by atoms with van der Waals surface area (Å²) < 4.78 is 11.3. The molecule has 0 saturated heterocycles. The third-order valence-electron chi connectivity index (χ3n) is 3.83. The van der Waals surface area contributed by atoms with Crippen molar-refractivity contribution in [3.63, 3.8) is 0 Å². The van der Waals surface area contributed by atoms with Crippen LogP contribution in [-0.2, 0) is 13.2 Å². The van der Waals surface area contributed by atoms with Crippen LogP contribution in [0.5, 0.6) is 5.75 Å². The topological polar surface area (TPSA) is 34.4 Å². The molecule has 0 aliphatic rings. The van der Waals surface area contributed by atoms with Gasteiger partial charge in [0.05, 0.1) is 6.26 Å². The lowest BCUT2D eigenvalue weighted by Gasteiger charge is -2.10. The lowest BCUT2D eigenvalue weighted by Crippen LogP contribution is -2.12. The van der Waals surface area contributed by atoms with Crippen molar-refractivity contribution in [2.45, 2.75) is 46.3 Å². The van der Waals surface area contributed by atoms with E-state index in [0.717, 1.165) is 36.6 Å². The van der Waals surface area contributed by atoms with Gasteiger partial charge in [-0.15, -0.1) is 0 Å². The van der Waals surface area contributed by atoms with E-state index in [2.05, 4.69) is 38.2 Å². The maximum atomic E-state index is 5.82. The minimum atomic E-state index is 0.469. The first-order chi connectivity index (χ1) is 10.2. The molecule has 114 valence electrons. The van der Waals surface area contributed by atoms with Gasteiger partial charge in [-0.3, -0.25) is 0 Å². The zero-order valence-corrected chi connectivity index (χ0v) is 13.2. The molecule has 1 aromatic heterocycles. The largest absolute Gasteiger partial charge is 0.486 e. The fourth-order valence-electron chi connectivity index (χ4n) is 2.19. The van der Waals surface area contributed by atoms with Gasteiger partial charge in [0.2, 0.25) is 0 Å². The average molecular weight is 287 g/mol. The molecule has 21 heavy (non-hydrogen) atoms. The van der Waals surface area contributed by atoms with Gasteiger partial charge in [0.1, 0.15) is 18.1 Å². The maximum Gasteiger partial charge on any atom is 0.146 e. The van der Waals surface area contributed by atoms with E-state index in [1.807, 2.05) is 18.2 Å². The van der Waals surface area contributed by atoms with Gasteiger partial charge >= 0.3 is 0 Å². The Morgan fingerprint density at radius 1 is 1.14 bits per heavy atom. The first-order valence-electron chi connectivity index (χ1n) is 7.73. The lowest BCUT2D eigenvalue weighted by atomic mass is 9.99. The van der Waals surface area contributed by atoms with Crippen molar-refractivity contribution in [1.82, 2.24) is 5.32 Å². The number of nitrogens with one attached hydrogen (secondary N) is 1. The molecule has 0 aliphatic carbocycles. The Labute approximate surface area is 127 Å². The van der Waals surface area contributed by atoms with Crippen LogP contribution in [0.1, 0.15) is 50.0 Å². The number of hydrogen-bond acceptors (Lipinski definition) is 3. The molecule has 1 N–H and O–H groups in total. The maximum absolute atomic E-state index is 5.82. The zero-order valence-electron chi connectivity index (χ0n) is 13.2. The second-order valence-electron chi connectivity index (χ2n) is 5.32. The molecule has 3 nitrogen and oxygen atoms in total. The minimum absolute atomic E-state index is 0.469. The molecule has 0 bridgehead atoms. The van der Waals surface area contributed by atoms with Gasteiger partial charge in [0.15, 0.2) is 0 Å². The van der Waals surface area contributed by atoms with Crippen LogP contribution in [0.4, 0.5) is 0 Å². The first kappa shape index (κ1) is 15.6. The predicted molar refractivity (Wildman–Crippen MR) is 85.6 cm³/mol. The minimum Gasteiger partial charge on any atom is -0.486 e. The first-order valence-corrected chi connectivity index (χ1v) is 7.73. The van der Waals surface area contributed by atoms with Gasteiger partial charge in [-0.2, -0.15) is 0 Å². The van der Waals surface area contributed by atoms with E-state index in [1.54, 1.807) is 6.26 Å². The van der Waals surface area contributed by atoms with Crippen LogP contribution in [0.3, 0.4) is 0 Å². The third-order valence-corrected chi connectivity index (χ3v) is 3.83. The van der Waals surface area contributed by atoms with Crippen molar-refractivity contribution in [3.8, 4) is 5.75 Å². The highest BCUT2D eigenvalue weighted by molar-refractivity contribution is 5.29. The molecule has 0 aliphatic heterocycles. The Morgan fingerprint density at radius 2 is 1.90 bits per heavy atom. The summed E-state index contributed by atoms with van der Waals surface area (Å²) in [6, 6.07) is 10.4. The molecule has 1 heterocycles. The zero-order chi connectivity index (χ0) is 15.1. The van der Waals surface area contributed by atoms with Crippen molar-refractivity contribution in [2.75, 3.05) is 6.54 Å². The van der Waals surface area contributed by atoms with Crippen molar-refractivity contribution in [1.29, 1.82) is 0 Å². The fourth-order valence-corrected chi connectivity index (χ4v) is 2.19. The summed E-state index contributed by atoms with van der Waals surface area (Å²) in [7, 11) is 0. The van der Waals surface area contributed by atoms with Crippen molar-refractivity contribution >= 4 is 0 Å². The molecule has 0 saturated carbocycles. The molecular weight excluding hydrogens is 262 g/mol. The normalized spacial score (nSPS) is 12.3. The molecule has 0 amide bonds. The molecule has 3 heteroatoms. The van der Waals surface area contributed by atoms with E-state index < -0.39 is 0 Å². The van der Waals surface area contributed by atoms with Crippen LogP contribution in [0.2, 0.25) is 0 Å². The Hall–Kier alpha value is -1.74. The Morgan fingerprint density at radius 3 is 2.57 bits per heavy atom. The Balaban J connectivity index is 1.92. The molecule has 2 rings (SSSR count). The number of hydrogen-bond donors (Lipinski definition) is 1. The molecule has 0 fully saturated rings.